The summed E-state index contributed by atoms with van der Waals surface area (Å²) in [5.74, 6) is 2.81. The average Bonchev–Trinajstić information content (AvgIpc) is 2.95. The third-order valence-corrected chi connectivity index (χ3v) is 15.0. The lowest BCUT2D eigenvalue weighted by molar-refractivity contribution is -0.179. The summed E-state index contributed by atoms with van der Waals surface area (Å²) in [7, 11) is 0. The summed E-state index contributed by atoms with van der Waals surface area (Å²) in [5, 5.41) is 10.7. The number of aliphatic carboxylic acids is 1. The Kier molecular flexibility index (Phi) is 6.36. The van der Waals surface area contributed by atoms with Crippen molar-refractivity contribution in [1.82, 2.24) is 9.97 Å². The van der Waals surface area contributed by atoms with E-state index >= 15 is 0 Å². The quantitative estimate of drug-likeness (QED) is 0.380. The first kappa shape index (κ1) is 28.8. The number of fused-ring (bicyclic) bond motifs is 8. The Morgan fingerprint density at radius 2 is 1.71 bits per heavy atom. The van der Waals surface area contributed by atoms with E-state index in [9.17, 15) is 9.90 Å². The van der Waals surface area contributed by atoms with Gasteiger partial charge in [-0.3, -0.25) is 4.79 Å². The fraction of sp³-hybridized carbons (Fsp3) is 0.806. The van der Waals surface area contributed by atoms with Crippen molar-refractivity contribution >= 4 is 11.8 Å². The van der Waals surface area contributed by atoms with Crippen LogP contribution in [0.15, 0.2) is 18.0 Å². The van der Waals surface area contributed by atoms with Gasteiger partial charge in [0.05, 0.1) is 24.3 Å². The highest BCUT2D eigenvalue weighted by molar-refractivity contribution is 5.76. The highest BCUT2D eigenvalue weighted by Gasteiger charge is 2.69. The Morgan fingerprint density at radius 3 is 2.43 bits per heavy atom. The Hall–Kier alpha value is -1.95. The molecule has 6 heteroatoms. The summed E-state index contributed by atoms with van der Waals surface area (Å²) >= 11 is 0. The summed E-state index contributed by atoms with van der Waals surface area (Å²) in [6.45, 7) is 20.7. The van der Waals surface area contributed by atoms with E-state index in [4.69, 9.17) is 14.7 Å². The number of ether oxygens (including phenoxy) is 1. The normalized spacial score (nSPS) is 45.8. The molecular weight excluding hydrogens is 522 g/mol. The molecule has 0 radical (unpaired) electrons. The molecule has 9 atom stereocenters. The molecule has 1 saturated heterocycles. The molecule has 1 N–H and O–H groups in total. The number of aromatic nitrogens is 2. The zero-order valence-corrected chi connectivity index (χ0v) is 27.1. The number of rotatable bonds is 2. The summed E-state index contributed by atoms with van der Waals surface area (Å²) in [4.78, 5) is 25.4. The van der Waals surface area contributed by atoms with Gasteiger partial charge in [0.1, 0.15) is 12.1 Å². The van der Waals surface area contributed by atoms with Gasteiger partial charge >= 0.3 is 5.97 Å². The van der Waals surface area contributed by atoms with Crippen LogP contribution in [-0.4, -0.2) is 47.3 Å². The van der Waals surface area contributed by atoms with Gasteiger partial charge in [0.15, 0.2) is 0 Å². The molecule has 42 heavy (non-hydrogen) atoms. The molecule has 1 aromatic heterocycles. The molecule has 2 heterocycles. The van der Waals surface area contributed by atoms with Crippen LogP contribution in [0.3, 0.4) is 0 Å². The first-order valence-electron chi connectivity index (χ1n) is 16.9. The third kappa shape index (κ3) is 3.51. The molecule has 0 spiro atoms. The second-order valence-corrected chi connectivity index (χ2v) is 16.6. The fourth-order valence-corrected chi connectivity index (χ4v) is 12.4. The number of carboxylic acid groups (broad SMARTS) is 1. The second-order valence-electron chi connectivity index (χ2n) is 16.6. The van der Waals surface area contributed by atoms with Crippen molar-refractivity contribution in [2.75, 3.05) is 31.2 Å². The number of morpholine rings is 1. The van der Waals surface area contributed by atoms with E-state index in [-0.39, 0.29) is 27.6 Å². The lowest BCUT2D eigenvalue weighted by atomic mass is 9.33. The maximum Gasteiger partial charge on any atom is 0.310 e. The highest BCUT2D eigenvalue weighted by atomic mass is 16.5. The number of carbonyl (C=O) groups is 1. The van der Waals surface area contributed by atoms with Crippen molar-refractivity contribution in [3.05, 3.63) is 29.2 Å². The van der Waals surface area contributed by atoms with E-state index in [1.807, 2.05) is 0 Å². The van der Waals surface area contributed by atoms with Gasteiger partial charge in [0, 0.05) is 24.1 Å². The van der Waals surface area contributed by atoms with E-state index in [2.05, 4.69) is 59.4 Å². The molecule has 6 nitrogen and oxygen atoms in total. The van der Waals surface area contributed by atoms with Crippen molar-refractivity contribution in [1.29, 1.82) is 0 Å². The van der Waals surface area contributed by atoms with Crippen molar-refractivity contribution in [2.24, 2.45) is 51.2 Å². The van der Waals surface area contributed by atoms with E-state index in [0.29, 0.717) is 23.7 Å². The number of anilines is 1. The van der Waals surface area contributed by atoms with E-state index < -0.39 is 11.4 Å². The largest absolute Gasteiger partial charge is 0.481 e. The number of hydrogen-bond acceptors (Lipinski definition) is 5. The lowest BCUT2D eigenvalue weighted by Gasteiger charge is -2.70. The number of carboxylic acids is 1. The molecule has 230 valence electrons. The van der Waals surface area contributed by atoms with Gasteiger partial charge in [-0.15, -0.1) is 0 Å². The van der Waals surface area contributed by atoms with Crippen molar-refractivity contribution < 1.29 is 14.6 Å². The minimum absolute atomic E-state index is 0.0309. The Morgan fingerprint density at radius 1 is 0.976 bits per heavy atom. The lowest BCUT2D eigenvalue weighted by Crippen LogP contribution is -2.65. The third-order valence-electron chi connectivity index (χ3n) is 15.0. The first-order valence-corrected chi connectivity index (χ1v) is 16.9. The summed E-state index contributed by atoms with van der Waals surface area (Å²) in [6.07, 6.45) is 12.6. The maximum atomic E-state index is 13.0. The average molecular weight is 576 g/mol. The molecule has 0 aromatic carbocycles. The smallest absolute Gasteiger partial charge is 0.310 e. The van der Waals surface area contributed by atoms with Gasteiger partial charge in [0.25, 0.3) is 0 Å². The topological polar surface area (TPSA) is 75.5 Å². The van der Waals surface area contributed by atoms with Crippen LogP contribution in [-0.2, 0) is 21.4 Å². The van der Waals surface area contributed by atoms with Crippen LogP contribution in [0.5, 0.6) is 0 Å². The molecule has 1 aliphatic heterocycles. The highest BCUT2D eigenvalue weighted by Crippen LogP contribution is 2.75. The zero-order valence-electron chi connectivity index (χ0n) is 27.1. The van der Waals surface area contributed by atoms with Crippen LogP contribution in [0, 0.1) is 51.2 Å². The van der Waals surface area contributed by atoms with Crippen LogP contribution in [0.2, 0.25) is 0 Å². The molecule has 0 bridgehead atoms. The van der Waals surface area contributed by atoms with Crippen LogP contribution in [0.25, 0.3) is 0 Å². The van der Waals surface area contributed by atoms with Crippen molar-refractivity contribution in [3.8, 4) is 0 Å². The summed E-state index contributed by atoms with van der Waals surface area (Å²) in [5.41, 5.74) is 3.82. The van der Waals surface area contributed by atoms with Gasteiger partial charge in [-0.05, 0) is 97.2 Å². The van der Waals surface area contributed by atoms with Crippen molar-refractivity contribution in [3.63, 3.8) is 0 Å². The first-order chi connectivity index (χ1) is 19.8. The predicted octanol–water partition coefficient (Wildman–Crippen LogP) is 7.07. The Balaban J connectivity index is 1.34. The molecule has 3 saturated carbocycles. The number of nitrogens with zero attached hydrogens (tertiary/aromatic N) is 3. The van der Waals surface area contributed by atoms with Crippen LogP contribution in [0.4, 0.5) is 5.82 Å². The van der Waals surface area contributed by atoms with Gasteiger partial charge < -0.3 is 14.7 Å². The van der Waals surface area contributed by atoms with E-state index in [1.165, 1.54) is 29.7 Å². The molecule has 7 rings (SSSR count). The molecule has 1 aromatic rings. The number of allylic oxidation sites excluding steroid dienone is 2. The monoisotopic (exact) mass is 575 g/mol. The van der Waals surface area contributed by atoms with Gasteiger partial charge in [0.2, 0.25) is 0 Å². The minimum atomic E-state index is -0.586. The minimum Gasteiger partial charge on any atom is -0.481 e. The van der Waals surface area contributed by atoms with E-state index in [0.717, 1.165) is 70.6 Å². The zero-order chi connectivity index (χ0) is 29.9. The standard InChI is InChI=1S/C36H53N3O3/c1-22-10-13-36(31(40)41)15-14-34(6)25(28(36)23(22)2)8-9-27-33(5)20-24-29(32(3,4)26(33)11-12-35(27,34)7)37-21-38-30(24)39-16-18-42-19-17-39/h8,21-23,26-28H,9-20H2,1-7H3,(H,40,41)/t22-,23+,26+,27-,28+,33+,34-,35-,36+/m1/s1. The van der Waals surface area contributed by atoms with Gasteiger partial charge in [-0.2, -0.15) is 0 Å². The second kappa shape index (κ2) is 9.28. The van der Waals surface area contributed by atoms with Crippen LogP contribution < -0.4 is 4.90 Å². The van der Waals surface area contributed by atoms with Gasteiger partial charge in [-0.1, -0.05) is 60.1 Å². The Bertz CT molecular complexity index is 1320. The summed E-state index contributed by atoms with van der Waals surface area (Å²) < 4.78 is 5.70. The van der Waals surface area contributed by atoms with E-state index in [1.54, 1.807) is 6.33 Å². The van der Waals surface area contributed by atoms with Crippen LogP contribution in [0.1, 0.15) is 105 Å². The molecule has 6 aliphatic rings. The van der Waals surface area contributed by atoms with Crippen LogP contribution >= 0.6 is 0 Å². The molecule has 5 aliphatic carbocycles. The maximum absolute atomic E-state index is 13.0. The number of hydrogen-bond donors (Lipinski definition) is 1. The predicted molar refractivity (Wildman–Crippen MR) is 165 cm³/mol. The van der Waals surface area contributed by atoms with Gasteiger partial charge in [-0.25, -0.2) is 9.97 Å². The molecule has 0 amide bonds. The SMILES string of the molecule is C[C@H]1[C@H](C)CC[C@]2(C(=O)O)CC[C@]3(C)C(=CC[C@@H]4[C@@]5(C)Cc6c(N7CCOCC7)ncnc6C(C)(C)[C@@H]5CC[C@]43C)[C@H]12. The molecule has 0 unspecified atom stereocenters. The van der Waals surface area contributed by atoms with Crippen molar-refractivity contribution in [2.45, 2.75) is 105 Å². The summed E-state index contributed by atoms with van der Waals surface area (Å²) in [6, 6.07) is 0. The fourth-order valence-electron chi connectivity index (χ4n) is 12.4. The Labute approximate surface area is 253 Å². The molecule has 4 fully saturated rings. The molecular formula is C36H53N3O3.